The first kappa shape index (κ1) is 18.3. The zero-order chi connectivity index (χ0) is 18.5. The molecule has 0 aliphatic rings. The highest BCUT2D eigenvalue weighted by molar-refractivity contribution is 7.80. The second kappa shape index (κ2) is 8.25. The van der Waals surface area contributed by atoms with Gasteiger partial charge in [0.2, 0.25) is 0 Å². The summed E-state index contributed by atoms with van der Waals surface area (Å²) in [5, 5.41) is 9.74. The van der Waals surface area contributed by atoms with E-state index >= 15 is 0 Å². The molecule has 0 bridgehead atoms. The fourth-order valence-electron chi connectivity index (χ4n) is 2.75. The summed E-state index contributed by atoms with van der Waals surface area (Å²) in [5.74, 6) is 1.14. The van der Waals surface area contributed by atoms with Gasteiger partial charge < -0.3 is 20.1 Å². The SMILES string of the molecule is COc1cc(NC(=S)NCc2cccc3ccccc23)c(OC)cc1Cl. The van der Waals surface area contributed by atoms with Crippen molar-refractivity contribution < 1.29 is 9.47 Å². The lowest BCUT2D eigenvalue weighted by molar-refractivity contribution is 0.405. The third kappa shape index (κ3) is 4.00. The number of anilines is 1. The number of ether oxygens (including phenoxy) is 2. The van der Waals surface area contributed by atoms with Gasteiger partial charge in [0.15, 0.2) is 5.11 Å². The van der Waals surface area contributed by atoms with Crippen molar-refractivity contribution in [3.05, 3.63) is 65.2 Å². The molecule has 3 rings (SSSR count). The minimum absolute atomic E-state index is 0.476. The molecule has 0 unspecified atom stereocenters. The summed E-state index contributed by atoms with van der Waals surface area (Å²) in [6.45, 7) is 0.611. The Labute approximate surface area is 163 Å². The predicted octanol–water partition coefficient (Wildman–Crippen LogP) is 5.00. The molecule has 4 nitrogen and oxygen atoms in total. The van der Waals surface area contributed by atoms with Crippen LogP contribution in [0.4, 0.5) is 5.69 Å². The van der Waals surface area contributed by atoms with Crippen LogP contribution in [0.3, 0.4) is 0 Å². The number of hydrogen-bond acceptors (Lipinski definition) is 3. The number of fused-ring (bicyclic) bond motifs is 1. The first-order chi connectivity index (χ1) is 12.6. The van der Waals surface area contributed by atoms with Gasteiger partial charge in [0.05, 0.1) is 24.9 Å². The molecule has 134 valence electrons. The fraction of sp³-hybridized carbons (Fsp3) is 0.150. The molecule has 0 saturated heterocycles. The molecular weight excluding hydrogens is 368 g/mol. The Balaban J connectivity index is 1.73. The Morgan fingerprint density at radius 2 is 1.73 bits per heavy atom. The van der Waals surface area contributed by atoms with Crippen LogP contribution in [0.2, 0.25) is 5.02 Å². The number of hydrogen-bond donors (Lipinski definition) is 2. The van der Waals surface area contributed by atoms with Crippen LogP contribution in [0, 0.1) is 0 Å². The molecule has 0 heterocycles. The maximum atomic E-state index is 6.13. The van der Waals surface area contributed by atoms with Crippen LogP contribution < -0.4 is 20.1 Å². The van der Waals surface area contributed by atoms with Crippen LogP contribution in [0.15, 0.2) is 54.6 Å². The highest BCUT2D eigenvalue weighted by atomic mass is 35.5. The Hall–Kier alpha value is -2.50. The number of thiocarbonyl (C=S) groups is 1. The monoisotopic (exact) mass is 386 g/mol. The Morgan fingerprint density at radius 1 is 1.00 bits per heavy atom. The lowest BCUT2D eigenvalue weighted by Crippen LogP contribution is -2.28. The van der Waals surface area contributed by atoms with E-state index in [0.29, 0.717) is 33.9 Å². The van der Waals surface area contributed by atoms with Gasteiger partial charge in [-0.05, 0) is 28.6 Å². The third-order valence-electron chi connectivity index (χ3n) is 4.04. The third-order valence-corrected chi connectivity index (χ3v) is 4.58. The van der Waals surface area contributed by atoms with E-state index in [4.69, 9.17) is 33.3 Å². The van der Waals surface area contributed by atoms with E-state index in [1.165, 1.54) is 16.3 Å². The summed E-state index contributed by atoms with van der Waals surface area (Å²) in [6, 6.07) is 17.9. The van der Waals surface area contributed by atoms with Crippen molar-refractivity contribution in [1.29, 1.82) is 0 Å². The van der Waals surface area contributed by atoms with Crippen molar-refractivity contribution in [1.82, 2.24) is 5.32 Å². The normalized spacial score (nSPS) is 10.4. The zero-order valence-corrected chi connectivity index (χ0v) is 16.1. The van der Waals surface area contributed by atoms with Crippen molar-refractivity contribution in [2.45, 2.75) is 6.54 Å². The van der Waals surface area contributed by atoms with Crippen molar-refractivity contribution in [3.63, 3.8) is 0 Å². The minimum Gasteiger partial charge on any atom is -0.495 e. The number of rotatable bonds is 5. The van der Waals surface area contributed by atoms with E-state index in [1.807, 2.05) is 18.2 Å². The molecule has 3 aromatic rings. The fourth-order valence-corrected chi connectivity index (χ4v) is 3.16. The van der Waals surface area contributed by atoms with E-state index in [-0.39, 0.29) is 0 Å². The standard InChI is InChI=1S/C20H19ClN2O2S/c1-24-18-11-17(19(25-2)10-16(18)21)23-20(26)22-12-14-8-5-7-13-6-3-4-9-15(13)14/h3-11H,12H2,1-2H3,(H2,22,23,26). The Bertz CT molecular complexity index is 941. The van der Waals surface area contributed by atoms with Gasteiger partial charge in [0, 0.05) is 18.7 Å². The molecule has 2 N–H and O–H groups in total. The van der Waals surface area contributed by atoms with Crippen molar-refractivity contribution in [2.75, 3.05) is 19.5 Å². The summed E-state index contributed by atoms with van der Waals surface area (Å²) in [7, 11) is 3.14. The maximum absolute atomic E-state index is 6.13. The van der Waals surface area contributed by atoms with Crippen LogP contribution in [-0.4, -0.2) is 19.3 Å². The van der Waals surface area contributed by atoms with Crippen LogP contribution in [0.25, 0.3) is 10.8 Å². The summed E-state index contributed by atoms with van der Waals surface area (Å²) < 4.78 is 10.6. The molecule has 3 aromatic carbocycles. The summed E-state index contributed by atoms with van der Waals surface area (Å²) in [6.07, 6.45) is 0. The number of methoxy groups -OCH3 is 2. The van der Waals surface area contributed by atoms with Crippen molar-refractivity contribution >= 4 is 45.4 Å². The summed E-state index contributed by atoms with van der Waals surface area (Å²) in [4.78, 5) is 0. The van der Waals surface area contributed by atoms with Gasteiger partial charge in [0.1, 0.15) is 11.5 Å². The second-order valence-corrected chi connectivity index (χ2v) is 6.45. The molecule has 0 saturated carbocycles. The highest BCUT2D eigenvalue weighted by Crippen LogP contribution is 2.35. The molecule has 0 spiro atoms. The number of nitrogens with one attached hydrogen (secondary N) is 2. The molecule has 26 heavy (non-hydrogen) atoms. The molecule has 0 aliphatic heterocycles. The molecule has 0 atom stereocenters. The van der Waals surface area contributed by atoms with E-state index in [0.717, 1.165) is 0 Å². The summed E-state index contributed by atoms with van der Waals surface area (Å²) >= 11 is 11.6. The molecular formula is C20H19ClN2O2S. The van der Waals surface area contributed by atoms with Gasteiger partial charge in [-0.2, -0.15) is 0 Å². The zero-order valence-electron chi connectivity index (χ0n) is 14.5. The molecule has 6 heteroatoms. The molecule has 0 aliphatic carbocycles. The highest BCUT2D eigenvalue weighted by Gasteiger charge is 2.11. The minimum atomic E-state index is 0.476. The quantitative estimate of drug-likeness (QED) is 0.604. The summed E-state index contributed by atoms with van der Waals surface area (Å²) in [5.41, 5.74) is 1.86. The molecule has 0 aromatic heterocycles. The first-order valence-corrected chi connectivity index (χ1v) is 8.84. The lowest BCUT2D eigenvalue weighted by Gasteiger charge is -2.16. The lowest BCUT2D eigenvalue weighted by atomic mass is 10.0. The maximum Gasteiger partial charge on any atom is 0.171 e. The van der Waals surface area contributed by atoms with Gasteiger partial charge in [-0.15, -0.1) is 0 Å². The van der Waals surface area contributed by atoms with Gasteiger partial charge >= 0.3 is 0 Å². The topological polar surface area (TPSA) is 42.5 Å². The molecule has 0 fully saturated rings. The Morgan fingerprint density at radius 3 is 2.50 bits per heavy atom. The van der Waals surface area contributed by atoms with Crippen LogP contribution in [-0.2, 0) is 6.54 Å². The van der Waals surface area contributed by atoms with Crippen molar-refractivity contribution in [2.24, 2.45) is 0 Å². The Kier molecular flexibility index (Phi) is 5.81. The van der Waals surface area contributed by atoms with Crippen LogP contribution in [0.5, 0.6) is 11.5 Å². The largest absolute Gasteiger partial charge is 0.495 e. The average molecular weight is 387 g/mol. The van der Waals surface area contributed by atoms with E-state index in [2.05, 4.69) is 34.9 Å². The smallest absolute Gasteiger partial charge is 0.171 e. The van der Waals surface area contributed by atoms with E-state index in [9.17, 15) is 0 Å². The van der Waals surface area contributed by atoms with Gasteiger partial charge in [0.25, 0.3) is 0 Å². The first-order valence-electron chi connectivity index (χ1n) is 8.05. The van der Waals surface area contributed by atoms with Gasteiger partial charge in [-0.1, -0.05) is 54.1 Å². The van der Waals surface area contributed by atoms with Crippen LogP contribution >= 0.6 is 23.8 Å². The predicted molar refractivity (Wildman–Crippen MR) is 112 cm³/mol. The van der Waals surface area contributed by atoms with Crippen LogP contribution in [0.1, 0.15) is 5.56 Å². The second-order valence-electron chi connectivity index (χ2n) is 5.63. The van der Waals surface area contributed by atoms with Gasteiger partial charge in [-0.3, -0.25) is 0 Å². The van der Waals surface area contributed by atoms with Crippen molar-refractivity contribution in [3.8, 4) is 11.5 Å². The van der Waals surface area contributed by atoms with E-state index in [1.54, 1.807) is 26.4 Å². The average Bonchev–Trinajstić information content (AvgIpc) is 2.67. The number of benzene rings is 3. The van der Waals surface area contributed by atoms with E-state index < -0.39 is 0 Å². The molecule has 0 radical (unpaired) electrons. The number of halogens is 1. The molecule has 0 amide bonds. The van der Waals surface area contributed by atoms with Gasteiger partial charge in [-0.25, -0.2) is 0 Å².